The molecule has 0 fully saturated rings. The molecule has 0 aliphatic carbocycles. The fraction of sp³-hybridized carbons (Fsp3) is 0.158. The molecule has 0 bridgehead atoms. The number of nitrogens with zero attached hydrogens (tertiary/aromatic N) is 1. The zero-order valence-corrected chi connectivity index (χ0v) is 25.1. The second kappa shape index (κ2) is 14.1. The highest BCUT2D eigenvalue weighted by Gasteiger charge is 2.13. The first-order valence-corrected chi connectivity index (χ1v) is 14.5. The fourth-order valence-electron chi connectivity index (χ4n) is 4.79. The molecule has 6 nitrogen and oxygen atoms in total. The Labute approximate surface area is 258 Å². The van der Waals surface area contributed by atoms with Crippen LogP contribution in [0.25, 0.3) is 16.8 Å². The Morgan fingerprint density at radius 3 is 2.34 bits per heavy atom. The quantitative estimate of drug-likeness (QED) is 0.125. The third-order valence-electron chi connectivity index (χ3n) is 7.23. The Hall–Kier alpha value is -5.54. The van der Waals surface area contributed by atoms with Crippen molar-refractivity contribution in [3.8, 4) is 23.3 Å². The largest absolute Gasteiger partial charge is 0.490 e. The van der Waals surface area contributed by atoms with Gasteiger partial charge in [0.15, 0.2) is 11.5 Å². The van der Waals surface area contributed by atoms with Gasteiger partial charge in [-0.15, -0.1) is 0 Å². The van der Waals surface area contributed by atoms with Gasteiger partial charge in [-0.1, -0.05) is 72.3 Å². The van der Waals surface area contributed by atoms with Crippen LogP contribution in [0, 0.1) is 25.2 Å². The molecule has 5 aromatic rings. The number of nitrogens with one attached hydrogen (secondary N) is 1. The van der Waals surface area contributed by atoms with E-state index < -0.39 is 5.91 Å². The van der Waals surface area contributed by atoms with Gasteiger partial charge in [-0.25, -0.2) is 0 Å². The van der Waals surface area contributed by atoms with E-state index in [-0.39, 0.29) is 5.57 Å². The van der Waals surface area contributed by atoms with E-state index in [4.69, 9.17) is 14.2 Å². The summed E-state index contributed by atoms with van der Waals surface area (Å²) in [5, 5.41) is 14.9. The average molecular weight is 583 g/mol. The number of hydrogen-bond donors (Lipinski definition) is 1. The van der Waals surface area contributed by atoms with Gasteiger partial charge in [0.05, 0.1) is 6.61 Å². The van der Waals surface area contributed by atoms with Gasteiger partial charge >= 0.3 is 0 Å². The molecule has 0 unspecified atom stereocenters. The highest BCUT2D eigenvalue weighted by Crippen LogP contribution is 2.32. The van der Waals surface area contributed by atoms with Crippen molar-refractivity contribution in [1.82, 2.24) is 0 Å². The summed E-state index contributed by atoms with van der Waals surface area (Å²) in [4.78, 5) is 13.0. The Morgan fingerprint density at radius 1 is 0.818 bits per heavy atom. The van der Waals surface area contributed by atoms with Gasteiger partial charge in [-0.05, 0) is 90.7 Å². The molecule has 0 atom stereocenters. The maximum Gasteiger partial charge on any atom is 0.266 e. The molecule has 0 heterocycles. The van der Waals surface area contributed by atoms with Gasteiger partial charge in [-0.3, -0.25) is 4.79 Å². The van der Waals surface area contributed by atoms with E-state index in [1.807, 2.05) is 56.3 Å². The van der Waals surface area contributed by atoms with Crippen LogP contribution in [0.1, 0.15) is 34.7 Å². The number of aryl methyl sites for hydroxylation is 2. The molecule has 0 saturated carbocycles. The van der Waals surface area contributed by atoms with Crippen LogP contribution in [-0.4, -0.2) is 12.5 Å². The molecule has 5 aromatic carbocycles. The van der Waals surface area contributed by atoms with E-state index in [0.717, 1.165) is 27.5 Å². The Morgan fingerprint density at radius 2 is 1.59 bits per heavy atom. The van der Waals surface area contributed by atoms with Gasteiger partial charge < -0.3 is 19.5 Å². The van der Waals surface area contributed by atoms with Gasteiger partial charge in [0.2, 0.25) is 0 Å². The maximum atomic E-state index is 13.0. The summed E-state index contributed by atoms with van der Waals surface area (Å²) in [6.07, 6.45) is 1.54. The Kier molecular flexibility index (Phi) is 9.58. The number of amides is 1. The molecule has 0 aliphatic rings. The van der Waals surface area contributed by atoms with Crippen molar-refractivity contribution in [2.75, 3.05) is 11.9 Å². The lowest BCUT2D eigenvalue weighted by molar-refractivity contribution is -0.112. The van der Waals surface area contributed by atoms with Crippen molar-refractivity contribution >= 4 is 28.4 Å². The molecule has 0 radical (unpaired) electrons. The number of carbonyl (C=O) groups excluding carboxylic acids is 1. The molecule has 1 N–H and O–H groups in total. The number of carbonyl (C=O) groups is 1. The second-order valence-electron chi connectivity index (χ2n) is 10.4. The summed E-state index contributed by atoms with van der Waals surface area (Å²) in [5.41, 5.74) is 5.70. The van der Waals surface area contributed by atoms with Crippen molar-refractivity contribution in [2.45, 2.75) is 34.0 Å². The number of benzene rings is 5. The highest BCUT2D eigenvalue weighted by molar-refractivity contribution is 6.09. The van der Waals surface area contributed by atoms with Crippen LogP contribution in [-0.2, 0) is 18.0 Å². The second-order valence-corrected chi connectivity index (χ2v) is 10.4. The average Bonchev–Trinajstić information content (AvgIpc) is 3.04. The summed E-state index contributed by atoms with van der Waals surface area (Å²) < 4.78 is 18.0. The zero-order valence-electron chi connectivity index (χ0n) is 25.1. The van der Waals surface area contributed by atoms with Crippen LogP contribution in [0.4, 0.5) is 5.69 Å². The van der Waals surface area contributed by atoms with Crippen LogP contribution < -0.4 is 19.5 Å². The highest BCUT2D eigenvalue weighted by atomic mass is 16.5. The van der Waals surface area contributed by atoms with Gasteiger partial charge in [0, 0.05) is 11.3 Å². The van der Waals surface area contributed by atoms with Crippen LogP contribution >= 0.6 is 0 Å². The first-order chi connectivity index (χ1) is 21.4. The molecule has 0 aromatic heterocycles. The number of hydrogen-bond acceptors (Lipinski definition) is 5. The Balaban J connectivity index is 1.25. The van der Waals surface area contributed by atoms with Crippen LogP contribution in [0.2, 0.25) is 0 Å². The maximum absolute atomic E-state index is 13.0. The summed E-state index contributed by atoms with van der Waals surface area (Å²) in [6.45, 7) is 7.28. The van der Waals surface area contributed by atoms with E-state index in [9.17, 15) is 10.1 Å². The standard InChI is InChI=1S/C38H34N2O4/c1-4-42-37-22-29(14-20-36(37)44-25-35-27(3)11-15-30-7-5-6-8-34(30)35)21-31(23-39)38(41)40-32-16-18-33(19-17-32)43-24-28-12-9-26(2)10-13-28/h5-22H,4,24-25H2,1-3H3,(H,40,41)/b31-21+. The van der Waals surface area contributed by atoms with Crippen molar-refractivity contribution < 1.29 is 19.0 Å². The van der Waals surface area contributed by atoms with Crippen molar-refractivity contribution in [3.63, 3.8) is 0 Å². The monoisotopic (exact) mass is 582 g/mol. The van der Waals surface area contributed by atoms with Gasteiger partial charge in [0.25, 0.3) is 5.91 Å². The van der Waals surface area contributed by atoms with E-state index in [1.165, 1.54) is 11.6 Å². The minimum absolute atomic E-state index is 0.0350. The SMILES string of the molecule is CCOc1cc(/C=C(\C#N)C(=O)Nc2ccc(OCc3ccc(C)cc3)cc2)ccc1OCc1c(C)ccc2ccccc12. The van der Waals surface area contributed by atoms with E-state index in [0.29, 0.717) is 48.3 Å². The smallest absolute Gasteiger partial charge is 0.266 e. The van der Waals surface area contributed by atoms with Crippen molar-refractivity contribution in [1.29, 1.82) is 5.26 Å². The number of anilines is 1. The van der Waals surface area contributed by atoms with Crippen LogP contribution in [0.3, 0.4) is 0 Å². The zero-order chi connectivity index (χ0) is 30.9. The summed E-state index contributed by atoms with van der Waals surface area (Å²) >= 11 is 0. The lowest BCUT2D eigenvalue weighted by Crippen LogP contribution is -2.13. The van der Waals surface area contributed by atoms with E-state index >= 15 is 0 Å². The summed E-state index contributed by atoms with van der Waals surface area (Å²) in [7, 11) is 0. The van der Waals surface area contributed by atoms with E-state index in [1.54, 1.807) is 42.5 Å². The molecular weight excluding hydrogens is 548 g/mol. The molecule has 0 saturated heterocycles. The normalized spacial score (nSPS) is 11.1. The molecular formula is C38H34N2O4. The predicted octanol–water partition coefficient (Wildman–Crippen LogP) is 8.56. The van der Waals surface area contributed by atoms with Crippen molar-refractivity contribution in [3.05, 3.63) is 137 Å². The molecule has 44 heavy (non-hydrogen) atoms. The van der Waals surface area contributed by atoms with Crippen molar-refractivity contribution in [2.24, 2.45) is 0 Å². The minimum Gasteiger partial charge on any atom is -0.490 e. The first-order valence-electron chi connectivity index (χ1n) is 14.5. The molecule has 6 heteroatoms. The van der Waals surface area contributed by atoms with Crippen LogP contribution in [0.5, 0.6) is 17.2 Å². The number of nitriles is 1. The lowest BCUT2D eigenvalue weighted by Gasteiger charge is -2.15. The summed E-state index contributed by atoms with van der Waals surface area (Å²) in [5.74, 6) is 1.30. The predicted molar refractivity (Wildman–Crippen MR) is 175 cm³/mol. The topological polar surface area (TPSA) is 80.6 Å². The number of rotatable bonds is 11. The number of ether oxygens (including phenoxy) is 3. The van der Waals surface area contributed by atoms with Gasteiger partial charge in [0.1, 0.15) is 30.6 Å². The van der Waals surface area contributed by atoms with Gasteiger partial charge in [-0.2, -0.15) is 5.26 Å². The third-order valence-corrected chi connectivity index (χ3v) is 7.23. The Bertz CT molecular complexity index is 1830. The van der Waals surface area contributed by atoms with Crippen LogP contribution in [0.15, 0.2) is 109 Å². The summed E-state index contributed by atoms with van der Waals surface area (Å²) in [6, 6.07) is 35.1. The molecule has 1 amide bonds. The molecule has 220 valence electrons. The third kappa shape index (κ3) is 7.45. The van der Waals surface area contributed by atoms with E-state index in [2.05, 4.69) is 36.5 Å². The molecule has 0 spiro atoms. The lowest BCUT2D eigenvalue weighted by atomic mass is 10.0. The fourth-order valence-corrected chi connectivity index (χ4v) is 4.79. The molecule has 0 aliphatic heterocycles. The molecule has 5 rings (SSSR count). The first kappa shape index (κ1) is 29.9. The number of fused-ring (bicyclic) bond motifs is 1. The minimum atomic E-state index is -0.509.